The Hall–Kier alpha value is -2.18. The first kappa shape index (κ1) is 14.2. The third-order valence-electron chi connectivity index (χ3n) is 2.42. The molecule has 0 saturated carbocycles. The molecule has 0 fully saturated rings. The molecule has 0 aliphatic carbocycles. The zero-order valence-electron chi connectivity index (χ0n) is 9.84. The van der Waals surface area contributed by atoms with Gasteiger partial charge >= 0.3 is 0 Å². The van der Waals surface area contributed by atoms with Gasteiger partial charge < -0.3 is 5.32 Å². The van der Waals surface area contributed by atoms with Crippen molar-refractivity contribution in [3.63, 3.8) is 0 Å². The second-order valence-corrected chi connectivity index (χ2v) is 4.55. The van der Waals surface area contributed by atoms with E-state index in [1.54, 1.807) is 0 Å². The maximum atomic E-state index is 12.0. The number of amides is 1. The highest BCUT2D eigenvalue weighted by atomic mass is 35.5. The molecule has 0 radical (unpaired) electrons. The molecule has 2 aromatic rings. The van der Waals surface area contributed by atoms with Crippen LogP contribution in [0.3, 0.4) is 0 Å². The van der Waals surface area contributed by atoms with E-state index >= 15 is 0 Å². The first-order valence-corrected chi connectivity index (χ1v) is 6.09. The van der Waals surface area contributed by atoms with Crippen molar-refractivity contribution in [2.45, 2.75) is 0 Å². The van der Waals surface area contributed by atoms with Gasteiger partial charge in [-0.05, 0) is 18.2 Å². The van der Waals surface area contributed by atoms with Gasteiger partial charge in [0.1, 0.15) is 5.02 Å². The molecule has 1 N–H and O–H groups in total. The van der Waals surface area contributed by atoms with Gasteiger partial charge in [0.05, 0.1) is 15.5 Å². The number of benzene rings is 1. The van der Waals surface area contributed by atoms with Crippen molar-refractivity contribution >= 4 is 40.5 Å². The lowest BCUT2D eigenvalue weighted by molar-refractivity contribution is -0.384. The molecule has 0 unspecified atom stereocenters. The molecule has 0 spiro atoms. The lowest BCUT2D eigenvalue weighted by Gasteiger charge is -2.06. The Kier molecular flexibility index (Phi) is 4.16. The van der Waals surface area contributed by atoms with Gasteiger partial charge in [-0.2, -0.15) is 0 Å². The third-order valence-corrected chi connectivity index (χ3v) is 3.02. The van der Waals surface area contributed by atoms with Crippen molar-refractivity contribution in [3.05, 3.63) is 62.4 Å². The molecule has 0 bridgehead atoms. The highest BCUT2D eigenvalue weighted by Gasteiger charge is 2.14. The molecular weight excluding hydrogens is 305 g/mol. The standard InChI is InChI=1S/C12H7Cl2N3O3/c13-9-5-7(1-2-11(9)17(19)20)16-12(18)8-3-4-15-6-10(8)14/h1-6H,(H,16,18). The summed E-state index contributed by atoms with van der Waals surface area (Å²) in [5.74, 6) is -0.456. The predicted octanol–water partition coefficient (Wildman–Crippen LogP) is 3.55. The van der Waals surface area contributed by atoms with Crippen LogP contribution in [0.5, 0.6) is 0 Å². The topological polar surface area (TPSA) is 85.1 Å². The Morgan fingerprint density at radius 1 is 1.25 bits per heavy atom. The molecule has 0 aliphatic heterocycles. The number of anilines is 1. The van der Waals surface area contributed by atoms with E-state index in [-0.39, 0.29) is 21.3 Å². The predicted molar refractivity (Wildman–Crippen MR) is 75.3 cm³/mol. The van der Waals surface area contributed by atoms with E-state index in [1.165, 1.54) is 36.7 Å². The van der Waals surface area contributed by atoms with Gasteiger partial charge in [0.25, 0.3) is 11.6 Å². The number of carbonyl (C=O) groups is 1. The molecule has 1 heterocycles. The zero-order chi connectivity index (χ0) is 14.7. The maximum Gasteiger partial charge on any atom is 0.288 e. The summed E-state index contributed by atoms with van der Waals surface area (Å²) in [5.41, 5.74) is 0.348. The molecule has 8 heteroatoms. The number of halogens is 2. The van der Waals surface area contributed by atoms with Crippen LogP contribution in [0.4, 0.5) is 11.4 Å². The second kappa shape index (κ2) is 5.85. The van der Waals surface area contributed by atoms with Crippen LogP contribution in [-0.4, -0.2) is 15.8 Å². The van der Waals surface area contributed by atoms with E-state index in [0.29, 0.717) is 5.69 Å². The number of hydrogen-bond donors (Lipinski definition) is 1. The molecule has 102 valence electrons. The molecule has 1 aromatic heterocycles. The van der Waals surface area contributed by atoms with Crippen molar-refractivity contribution in [2.24, 2.45) is 0 Å². The van der Waals surface area contributed by atoms with Crippen LogP contribution in [0.15, 0.2) is 36.7 Å². The monoisotopic (exact) mass is 311 g/mol. The number of hydrogen-bond acceptors (Lipinski definition) is 4. The minimum atomic E-state index is -0.604. The van der Waals surface area contributed by atoms with Crippen molar-refractivity contribution in [1.82, 2.24) is 4.98 Å². The minimum Gasteiger partial charge on any atom is -0.322 e. The smallest absolute Gasteiger partial charge is 0.288 e. The first-order valence-electron chi connectivity index (χ1n) is 5.34. The Morgan fingerprint density at radius 2 is 2.00 bits per heavy atom. The van der Waals surface area contributed by atoms with Crippen molar-refractivity contribution in [3.8, 4) is 0 Å². The minimum absolute atomic E-state index is 0.0615. The summed E-state index contributed by atoms with van der Waals surface area (Å²) in [7, 11) is 0. The van der Waals surface area contributed by atoms with Gasteiger partial charge in [-0.1, -0.05) is 23.2 Å². The summed E-state index contributed by atoms with van der Waals surface area (Å²) < 4.78 is 0. The fraction of sp³-hybridized carbons (Fsp3) is 0. The molecule has 20 heavy (non-hydrogen) atoms. The van der Waals surface area contributed by atoms with Gasteiger partial charge in [0.15, 0.2) is 0 Å². The number of rotatable bonds is 3. The van der Waals surface area contributed by atoms with Gasteiger partial charge in [0, 0.05) is 24.1 Å². The molecule has 6 nitrogen and oxygen atoms in total. The third kappa shape index (κ3) is 3.04. The Morgan fingerprint density at radius 3 is 2.60 bits per heavy atom. The number of nitro groups is 1. The SMILES string of the molecule is O=C(Nc1ccc([N+](=O)[O-])c(Cl)c1)c1ccncc1Cl. The van der Waals surface area contributed by atoms with Crippen molar-refractivity contribution in [1.29, 1.82) is 0 Å². The van der Waals surface area contributed by atoms with Crippen molar-refractivity contribution in [2.75, 3.05) is 5.32 Å². The Labute approximate surface area is 123 Å². The number of pyridine rings is 1. The van der Waals surface area contributed by atoms with E-state index in [0.717, 1.165) is 0 Å². The van der Waals surface area contributed by atoms with Crippen LogP contribution in [0, 0.1) is 10.1 Å². The number of nitrogens with zero attached hydrogens (tertiary/aromatic N) is 2. The number of nitrogens with one attached hydrogen (secondary N) is 1. The fourth-order valence-electron chi connectivity index (χ4n) is 1.49. The van der Waals surface area contributed by atoms with Gasteiger partial charge in [-0.3, -0.25) is 19.9 Å². The summed E-state index contributed by atoms with van der Waals surface area (Å²) in [6.45, 7) is 0. The molecule has 0 aliphatic rings. The highest BCUT2D eigenvalue weighted by molar-refractivity contribution is 6.34. The summed E-state index contributed by atoms with van der Waals surface area (Å²) in [5, 5.41) is 13.3. The van der Waals surface area contributed by atoms with Crippen molar-refractivity contribution < 1.29 is 9.72 Å². The summed E-state index contributed by atoms with van der Waals surface area (Å²) in [6.07, 6.45) is 2.78. The molecular formula is C12H7Cl2N3O3. The van der Waals surface area contributed by atoms with Crippen LogP contribution in [0.25, 0.3) is 0 Å². The van der Waals surface area contributed by atoms with E-state index < -0.39 is 10.8 Å². The second-order valence-electron chi connectivity index (χ2n) is 3.73. The van der Waals surface area contributed by atoms with Gasteiger partial charge in [-0.15, -0.1) is 0 Å². The summed E-state index contributed by atoms with van der Waals surface area (Å²) >= 11 is 11.6. The number of aromatic nitrogens is 1. The largest absolute Gasteiger partial charge is 0.322 e. The summed E-state index contributed by atoms with van der Waals surface area (Å²) in [6, 6.07) is 5.36. The fourth-order valence-corrected chi connectivity index (χ4v) is 1.95. The average molecular weight is 312 g/mol. The van der Waals surface area contributed by atoms with Crippen LogP contribution in [0.2, 0.25) is 10.0 Å². The first-order chi connectivity index (χ1) is 9.49. The summed E-state index contributed by atoms with van der Waals surface area (Å²) in [4.78, 5) is 25.8. The molecule has 1 amide bonds. The maximum absolute atomic E-state index is 12.0. The normalized spacial score (nSPS) is 10.1. The van der Waals surface area contributed by atoms with E-state index in [1.807, 2.05) is 0 Å². The van der Waals surface area contributed by atoms with E-state index in [4.69, 9.17) is 23.2 Å². The average Bonchev–Trinajstić information content (AvgIpc) is 2.38. The Bertz CT molecular complexity index is 691. The van der Waals surface area contributed by atoms with Crippen LogP contribution in [0.1, 0.15) is 10.4 Å². The molecule has 2 rings (SSSR count). The van der Waals surface area contributed by atoms with Crippen LogP contribution < -0.4 is 5.32 Å². The van der Waals surface area contributed by atoms with Gasteiger partial charge in [0.2, 0.25) is 0 Å². The number of nitro benzene ring substituents is 1. The highest BCUT2D eigenvalue weighted by Crippen LogP contribution is 2.27. The quantitative estimate of drug-likeness (QED) is 0.693. The molecule has 0 saturated heterocycles. The number of carbonyl (C=O) groups excluding carboxylic acids is 1. The van der Waals surface area contributed by atoms with E-state index in [9.17, 15) is 14.9 Å². The van der Waals surface area contributed by atoms with Crippen LogP contribution in [-0.2, 0) is 0 Å². The van der Waals surface area contributed by atoms with Crippen LogP contribution >= 0.6 is 23.2 Å². The lowest BCUT2D eigenvalue weighted by atomic mass is 10.2. The Balaban J connectivity index is 2.23. The zero-order valence-corrected chi connectivity index (χ0v) is 11.4. The van der Waals surface area contributed by atoms with E-state index in [2.05, 4.69) is 10.3 Å². The van der Waals surface area contributed by atoms with Gasteiger partial charge in [-0.25, -0.2) is 0 Å². The molecule has 1 aromatic carbocycles. The lowest BCUT2D eigenvalue weighted by Crippen LogP contribution is -2.12. The molecule has 0 atom stereocenters.